The lowest BCUT2D eigenvalue weighted by atomic mass is 10.1. The molecule has 0 aliphatic carbocycles. The van der Waals surface area contributed by atoms with Gasteiger partial charge in [-0.25, -0.2) is 0 Å². The summed E-state index contributed by atoms with van der Waals surface area (Å²) in [7, 11) is 1.95. The van der Waals surface area contributed by atoms with Crippen LogP contribution in [-0.2, 0) is 6.54 Å². The number of hydrogen-bond donors (Lipinski definition) is 2. The number of nitrogens with one attached hydrogen (secondary N) is 2. The normalized spacial score (nSPS) is 10.5. The van der Waals surface area contributed by atoms with Crippen LogP contribution in [0.25, 0.3) is 0 Å². The van der Waals surface area contributed by atoms with E-state index in [4.69, 9.17) is 11.6 Å². The minimum absolute atomic E-state index is 0.807. The predicted molar refractivity (Wildman–Crippen MR) is 61.8 cm³/mol. The lowest BCUT2D eigenvalue weighted by Gasteiger charge is -2.07. The zero-order valence-electron chi connectivity index (χ0n) is 8.73. The summed E-state index contributed by atoms with van der Waals surface area (Å²) in [6.07, 6.45) is 0. The van der Waals surface area contributed by atoms with Crippen LogP contribution < -0.4 is 10.6 Å². The Morgan fingerprint density at radius 3 is 2.71 bits per heavy atom. The molecular weight excluding hydrogens is 196 g/mol. The molecule has 0 radical (unpaired) electrons. The Labute approximate surface area is 90.7 Å². The third-order valence-corrected chi connectivity index (χ3v) is 2.41. The van der Waals surface area contributed by atoms with Crippen molar-refractivity contribution in [3.8, 4) is 0 Å². The van der Waals surface area contributed by atoms with E-state index in [1.807, 2.05) is 19.2 Å². The van der Waals surface area contributed by atoms with Gasteiger partial charge in [0.15, 0.2) is 0 Å². The number of aryl methyl sites for hydroxylation is 1. The van der Waals surface area contributed by atoms with E-state index < -0.39 is 0 Å². The fourth-order valence-corrected chi connectivity index (χ4v) is 1.52. The molecule has 78 valence electrons. The summed E-state index contributed by atoms with van der Waals surface area (Å²) in [6.45, 7) is 4.97. The topological polar surface area (TPSA) is 24.1 Å². The van der Waals surface area contributed by atoms with E-state index in [1.165, 1.54) is 11.1 Å². The smallest absolute Gasteiger partial charge is 0.0408 e. The third-order valence-electron chi connectivity index (χ3n) is 2.17. The van der Waals surface area contributed by atoms with Crippen LogP contribution in [0.3, 0.4) is 0 Å². The van der Waals surface area contributed by atoms with Crippen molar-refractivity contribution >= 4 is 11.6 Å². The largest absolute Gasteiger partial charge is 0.318 e. The highest BCUT2D eigenvalue weighted by molar-refractivity contribution is 6.30. The Morgan fingerprint density at radius 1 is 1.29 bits per heavy atom. The number of rotatable bonds is 5. The maximum atomic E-state index is 5.87. The van der Waals surface area contributed by atoms with Crippen molar-refractivity contribution in [2.45, 2.75) is 13.5 Å². The summed E-state index contributed by atoms with van der Waals surface area (Å²) in [5, 5.41) is 7.26. The molecule has 0 bridgehead atoms. The standard InChI is InChI=1S/C11H17ClN2/c1-9-7-11(12)4-3-10(9)8-14-6-5-13-2/h3-4,7,13-14H,5-6,8H2,1-2H3. The molecule has 0 unspecified atom stereocenters. The van der Waals surface area contributed by atoms with Crippen molar-refractivity contribution < 1.29 is 0 Å². The van der Waals surface area contributed by atoms with Crippen LogP contribution in [0.15, 0.2) is 18.2 Å². The number of hydrogen-bond acceptors (Lipinski definition) is 2. The maximum absolute atomic E-state index is 5.87. The summed E-state index contributed by atoms with van der Waals surface area (Å²) in [6, 6.07) is 6.00. The molecule has 1 aromatic rings. The van der Waals surface area contributed by atoms with Crippen LogP contribution in [0.4, 0.5) is 0 Å². The third kappa shape index (κ3) is 3.66. The number of likely N-dealkylation sites (N-methyl/N-ethyl adjacent to an activating group) is 1. The molecule has 0 aliphatic heterocycles. The van der Waals surface area contributed by atoms with Gasteiger partial charge < -0.3 is 10.6 Å². The van der Waals surface area contributed by atoms with Gasteiger partial charge in [0.05, 0.1) is 0 Å². The second kappa shape index (κ2) is 6.02. The Balaban J connectivity index is 2.42. The summed E-state index contributed by atoms with van der Waals surface area (Å²) in [5.74, 6) is 0. The zero-order chi connectivity index (χ0) is 10.4. The van der Waals surface area contributed by atoms with E-state index in [2.05, 4.69) is 23.6 Å². The van der Waals surface area contributed by atoms with E-state index in [1.54, 1.807) is 0 Å². The minimum Gasteiger partial charge on any atom is -0.318 e. The quantitative estimate of drug-likeness (QED) is 0.730. The fourth-order valence-electron chi connectivity index (χ4n) is 1.29. The van der Waals surface area contributed by atoms with Crippen LogP contribution in [0, 0.1) is 6.92 Å². The highest BCUT2D eigenvalue weighted by Gasteiger charge is 1.97. The molecule has 1 aromatic carbocycles. The number of benzene rings is 1. The first-order valence-electron chi connectivity index (χ1n) is 4.84. The van der Waals surface area contributed by atoms with Crippen LogP contribution in [0.1, 0.15) is 11.1 Å². The molecule has 0 saturated carbocycles. The van der Waals surface area contributed by atoms with Gasteiger partial charge in [-0.15, -0.1) is 0 Å². The van der Waals surface area contributed by atoms with Gasteiger partial charge in [0.25, 0.3) is 0 Å². The van der Waals surface area contributed by atoms with Crippen LogP contribution in [0.5, 0.6) is 0 Å². The van der Waals surface area contributed by atoms with Crippen molar-refractivity contribution in [1.82, 2.24) is 10.6 Å². The van der Waals surface area contributed by atoms with Gasteiger partial charge in [-0.2, -0.15) is 0 Å². The molecule has 2 N–H and O–H groups in total. The molecule has 0 fully saturated rings. The fraction of sp³-hybridized carbons (Fsp3) is 0.455. The van der Waals surface area contributed by atoms with E-state index >= 15 is 0 Å². The monoisotopic (exact) mass is 212 g/mol. The van der Waals surface area contributed by atoms with Gasteiger partial charge in [-0.3, -0.25) is 0 Å². The molecule has 1 rings (SSSR count). The average molecular weight is 213 g/mol. The first kappa shape index (κ1) is 11.5. The Bertz CT molecular complexity index is 287. The van der Waals surface area contributed by atoms with Crippen LogP contribution in [-0.4, -0.2) is 20.1 Å². The number of halogens is 1. The van der Waals surface area contributed by atoms with E-state index in [0.29, 0.717) is 0 Å². The van der Waals surface area contributed by atoms with Crippen molar-refractivity contribution in [2.24, 2.45) is 0 Å². The van der Waals surface area contributed by atoms with Crippen molar-refractivity contribution in [3.63, 3.8) is 0 Å². The van der Waals surface area contributed by atoms with Crippen LogP contribution in [0.2, 0.25) is 5.02 Å². The second-order valence-electron chi connectivity index (χ2n) is 3.35. The van der Waals surface area contributed by atoms with Gasteiger partial charge in [0.2, 0.25) is 0 Å². The zero-order valence-corrected chi connectivity index (χ0v) is 9.49. The second-order valence-corrected chi connectivity index (χ2v) is 3.79. The summed E-state index contributed by atoms with van der Waals surface area (Å²) in [5.41, 5.74) is 2.56. The highest BCUT2D eigenvalue weighted by atomic mass is 35.5. The summed E-state index contributed by atoms with van der Waals surface area (Å²) < 4.78 is 0. The van der Waals surface area contributed by atoms with E-state index in [9.17, 15) is 0 Å². The van der Waals surface area contributed by atoms with E-state index in [0.717, 1.165) is 24.7 Å². The minimum atomic E-state index is 0.807. The lowest BCUT2D eigenvalue weighted by Crippen LogP contribution is -2.24. The molecule has 2 nitrogen and oxygen atoms in total. The molecule has 0 spiro atoms. The predicted octanol–water partition coefficient (Wildman–Crippen LogP) is 1.96. The Morgan fingerprint density at radius 2 is 2.07 bits per heavy atom. The Kier molecular flexibility index (Phi) is 4.94. The van der Waals surface area contributed by atoms with Gasteiger partial charge >= 0.3 is 0 Å². The lowest BCUT2D eigenvalue weighted by molar-refractivity contribution is 0.649. The molecule has 0 atom stereocenters. The van der Waals surface area contributed by atoms with Crippen molar-refractivity contribution in [1.29, 1.82) is 0 Å². The van der Waals surface area contributed by atoms with Gasteiger partial charge in [0.1, 0.15) is 0 Å². The van der Waals surface area contributed by atoms with Crippen LogP contribution >= 0.6 is 11.6 Å². The molecular formula is C11H17ClN2. The molecule has 0 aromatic heterocycles. The molecule has 14 heavy (non-hydrogen) atoms. The molecule has 0 saturated heterocycles. The SMILES string of the molecule is CNCCNCc1ccc(Cl)cc1C. The highest BCUT2D eigenvalue weighted by Crippen LogP contribution is 2.14. The maximum Gasteiger partial charge on any atom is 0.0408 e. The first-order chi connectivity index (χ1) is 6.74. The summed E-state index contributed by atoms with van der Waals surface area (Å²) in [4.78, 5) is 0. The van der Waals surface area contributed by atoms with Gasteiger partial charge in [0, 0.05) is 24.7 Å². The molecule has 0 aliphatic rings. The molecule has 0 amide bonds. The molecule has 0 heterocycles. The van der Waals surface area contributed by atoms with E-state index in [-0.39, 0.29) is 0 Å². The first-order valence-corrected chi connectivity index (χ1v) is 5.22. The Hall–Kier alpha value is -0.570. The summed E-state index contributed by atoms with van der Waals surface area (Å²) >= 11 is 5.87. The van der Waals surface area contributed by atoms with Gasteiger partial charge in [-0.05, 0) is 37.2 Å². The van der Waals surface area contributed by atoms with Gasteiger partial charge in [-0.1, -0.05) is 17.7 Å². The molecule has 3 heteroatoms. The van der Waals surface area contributed by atoms with Crippen molar-refractivity contribution in [3.05, 3.63) is 34.3 Å². The van der Waals surface area contributed by atoms with Crippen molar-refractivity contribution in [2.75, 3.05) is 20.1 Å². The average Bonchev–Trinajstić information content (AvgIpc) is 2.15.